The molecule has 2 rings (SSSR count). The maximum absolute atomic E-state index is 11.8. The van der Waals surface area contributed by atoms with Gasteiger partial charge in [0.25, 0.3) is 0 Å². The zero-order valence-electron chi connectivity index (χ0n) is 14.7. The summed E-state index contributed by atoms with van der Waals surface area (Å²) < 4.78 is 4.75. The maximum Gasteiger partial charge on any atom is 0.396 e. The van der Waals surface area contributed by atoms with Crippen molar-refractivity contribution in [2.24, 2.45) is 0 Å². The van der Waals surface area contributed by atoms with Gasteiger partial charge in [-0.25, -0.2) is 4.79 Å². The van der Waals surface area contributed by atoms with Crippen molar-refractivity contribution in [2.45, 2.75) is 19.9 Å². The number of hydrogen-bond acceptors (Lipinski definition) is 5. The molecule has 1 heterocycles. The smallest absolute Gasteiger partial charge is 0.396 e. The fraction of sp³-hybridized carbons (Fsp3) is 0.556. The molecule has 1 N–H and O–H groups in total. The summed E-state index contributed by atoms with van der Waals surface area (Å²) in [5, 5.41) is 2.72. The lowest BCUT2D eigenvalue weighted by Crippen LogP contribution is -2.49. The highest BCUT2D eigenvalue weighted by atomic mass is 16.5. The lowest BCUT2D eigenvalue weighted by molar-refractivity contribution is -0.154. The molecule has 1 aliphatic rings. The van der Waals surface area contributed by atoms with Gasteiger partial charge in [0.2, 0.25) is 0 Å². The van der Waals surface area contributed by atoms with Gasteiger partial charge in [-0.3, -0.25) is 9.69 Å². The predicted octanol–water partition coefficient (Wildman–Crippen LogP) is 0.963. The van der Waals surface area contributed by atoms with Gasteiger partial charge in [-0.15, -0.1) is 0 Å². The zero-order chi connectivity index (χ0) is 17.5. The molecule has 1 saturated heterocycles. The number of carbonyl (C=O) groups excluding carboxylic acids is 2. The van der Waals surface area contributed by atoms with Crippen molar-refractivity contribution in [1.29, 1.82) is 0 Å². The number of ether oxygens (including phenoxy) is 1. The quantitative estimate of drug-likeness (QED) is 0.642. The van der Waals surface area contributed by atoms with Crippen LogP contribution < -0.4 is 5.32 Å². The van der Waals surface area contributed by atoms with Crippen LogP contribution in [0, 0.1) is 6.92 Å². The second-order valence-electron chi connectivity index (χ2n) is 6.20. The average molecular weight is 333 g/mol. The largest absolute Gasteiger partial charge is 0.459 e. The van der Waals surface area contributed by atoms with Crippen LogP contribution in [0.5, 0.6) is 0 Å². The van der Waals surface area contributed by atoms with Crippen LogP contribution in [-0.2, 0) is 14.3 Å². The molecule has 1 amide bonds. The fourth-order valence-electron chi connectivity index (χ4n) is 2.84. The minimum absolute atomic E-state index is 0.0534. The van der Waals surface area contributed by atoms with Crippen molar-refractivity contribution in [2.75, 3.05) is 46.4 Å². The van der Waals surface area contributed by atoms with E-state index < -0.39 is 11.9 Å². The molecule has 0 spiro atoms. The Morgan fingerprint density at radius 1 is 1.17 bits per heavy atom. The van der Waals surface area contributed by atoms with E-state index in [0.29, 0.717) is 6.54 Å². The number of nitrogens with one attached hydrogen (secondary N) is 1. The molecule has 6 nitrogen and oxygen atoms in total. The van der Waals surface area contributed by atoms with E-state index in [1.807, 2.05) is 0 Å². The third kappa shape index (κ3) is 5.04. The summed E-state index contributed by atoms with van der Waals surface area (Å²) in [7, 11) is 2.11. The predicted molar refractivity (Wildman–Crippen MR) is 92.6 cm³/mol. The number of aryl methyl sites for hydroxylation is 1. The molecule has 1 unspecified atom stereocenters. The average Bonchev–Trinajstić information content (AvgIpc) is 2.58. The van der Waals surface area contributed by atoms with Crippen LogP contribution in [0.1, 0.15) is 24.1 Å². The monoisotopic (exact) mass is 333 g/mol. The summed E-state index contributed by atoms with van der Waals surface area (Å²) in [6.07, 6.45) is 0. The molecule has 0 aliphatic carbocycles. The molecule has 0 radical (unpaired) electrons. The number of nitrogens with zero attached hydrogens (tertiary/aromatic N) is 2. The van der Waals surface area contributed by atoms with Crippen LogP contribution in [0.15, 0.2) is 24.3 Å². The van der Waals surface area contributed by atoms with Crippen molar-refractivity contribution in [3.05, 3.63) is 35.4 Å². The molecular weight excluding hydrogens is 306 g/mol. The summed E-state index contributed by atoms with van der Waals surface area (Å²) in [5.74, 6) is -1.50. The summed E-state index contributed by atoms with van der Waals surface area (Å²) in [6, 6.07) is 8.39. The van der Waals surface area contributed by atoms with E-state index in [2.05, 4.69) is 53.4 Å². The number of hydrogen-bond donors (Lipinski definition) is 1. The summed E-state index contributed by atoms with van der Waals surface area (Å²) in [5.41, 5.74) is 2.35. The van der Waals surface area contributed by atoms with Crippen molar-refractivity contribution >= 4 is 11.9 Å². The van der Waals surface area contributed by atoms with Crippen LogP contribution in [0.2, 0.25) is 0 Å². The Labute approximate surface area is 143 Å². The third-order valence-corrected chi connectivity index (χ3v) is 4.36. The standard InChI is InChI=1S/C18H27N3O3/c1-4-24-18(23)17(22)19-13-16(15-7-5-14(2)6-8-15)21-11-9-20(3)10-12-21/h5-8,16H,4,9-13H2,1-3H3,(H,19,22). The second-order valence-corrected chi connectivity index (χ2v) is 6.20. The van der Waals surface area contributed by atoms with Gasteiger partial charge >= 0.3 is 11.9 Å². The van der Waals surface area contributed by atoms with Crippen LogP contribution in [0.4, 0.5) is 0 Å². The van der Waals surface area contributed by atoms with Crippen LogP contribution in [-0.4, -0.2) is 68.1 Å². The number of benzene rings is 1. The van der Waals surface area contributed by atoms with Crippen molar-refractivity contribution < 1.29 is 14.3 Å². The van der Waals surface area contributed by atoms with E-state index in [4.69, 9.17) is 4.74 Å². The molecule has 24 heavy (non-hydrogen) atoms. The lowest BCUT2D eigenvalue weighted by Gasteiger charge is -2.38. The van der Waals surface area contributed by atoms with Gasteiger partial charge in [0.1, 0.15) is 0 Å². The van der Waals surface area contributed by atoms with Crippen molar-refractivity contribution in [3.8, 4) is 0 Å². The Bertz CT molecular complexity index is 551. The molecular formula is C18H27N3O3. The van der Waals surface area contributed by atoms with E-state index in [0.717, 1.165) is 31.7 Å². The van der Waals surface area contributed by atoms with Gasteiger partial charge in [-0.2, -0.15) is 0 Å². The zero-order valence-corrected chi connectivity index (χ0v) is 14.7. The highest BCUT2D eigenvalue weighted by Gasteiger charge is 2.25. The summed E-state index contributed by atoms with van der Waals surface area (Å²) in [4.78, 5) is 28.0. The highest BCUT2D eigenvalue weighted by Crippen LogP contribution is 2.22. The van der Waals surface area contributed by atoms with Gasteiger partial charge < -0.3 is 15.0 Å². The maximum atomic E-state index is 11.8. The SMILES string of the molecule is CCOC(=O)C(=O)NCC(c1ccc(C)cc1)N1CCN(C)CC1. The molecule has 6 heteroatoms. The van der Waals surface area contributed by atoms with E-state index in [1.54, 1.807) is 6.92 Å². The third-order valence-electron chi connectivity index (χ3n) is 4.36. The highest BCUT2D eigenvalue weighted by molar-refractivity contribution is 6.32. The van der Waals surface area contributed by atoms with Crippen molar-refractivity contribution in [1.82, 2.24) is 15.1 Å². The van der Waals surface area contributed by atoms with E-state index in [-0.39, 0.29) is 12.6 Å². The van der Waals surface area contributed by atoms with Gasteiger partial charge in [0.05, 0.1) is 12.6 Å². The van der Waals surface area contributed by atoms with Crippen molar-refractivity contribution in [3.63, 3.8) is 0 Å². The minimum atomic E-state index is -0.821. The van der Waals surface area contributed by atoms with Crippen LogP contribution in [0.3, 0.4) is 0 Å². The first-order valence-electron chi connectivity index (χ1n) is 8.45. The van der Waals surface area contributed by atoms with Crippen LogP contribution in [0.25, 0.3) is 0 Å². The van der Waals surface area contributed by atoms with Gasteiger partial charge in [-0.1, -0.05) is 29.8 Å². The topological polar surface area (TPSA) is 61.9 Å². The first-order valence-corrected chi connectivity index (χ1v) is 8.45. The molecule has 1 aliphatic heterocycles. The molecule has 0 aromatic heterocycles. The Kier molecular flexibility index (Phi) is 6.75. The van der Waals surface area contributed by atoms with E-state index in [9.17, 15) is 9.59 Å². The fourth-order valence-corrected chi connectivity index (χ4v) is 2.84. The lowest BCUT2D eigenvalue weighted by atomic mass is 10.0. The van der Waals surface area contributed by atoms with E-state index >= 15 is 0 Å². The number of amides is 1. The van der Waals surface area contributed by atoms with Gasteiger partial charge in [0.15, 0.2) is 0 Å². The Hall–Kier alpha value is -1.92. The second kappa shape index (κ2) is 8.80. The number of piperazine rings is 1. The molecule has 1 atom stereocenters. The van der Waals surface area contributed by atoms with Gasteiger partial charge in [-0.05, 0) is 26.5 Å². The Morgan fingerprint density at radius 3 is 2.38 bits per heavy atom. The molecule has 1 aromatic rings. The Morgan fingerprint density at radius 2 is 1.79 bits per heavy atom. The molecule has 1 aromatic carbocycles. The molecule has 0 saturated carbocycles. The normalized spacial score (nSPS) is 17.3. The van der Waals surface area contributed by atoms with E-state index in [1.165, 1.54) is 5.56 Å². The van der Waals surface area contributed by atoms with Crippen LogP contribution >= 0.6 is 0 Å². The minimum Gasteiger partial charge on any atom is -0.459 e. The number of carbonyl (C=O) groups is 2. The molecule has 0 bridgehead atoms. The number of likely N-dealkylation sites (N-methyl/N-ethyl adjacent to an activating group) is 1. The number of esters is 1. The molecule has 132 valence electrons. The number of rotatable bonds is 5. The summed E-state index contributed by atoms with van der Waals surface area (Å²) >= 11 is 0. The molecule has 1 fully saturated rings. The summed E-state index contributed by atoms with van der Waals surface area (Å²) in [6.45, 7) is 8.19. The van der Waals surface area contributed by atoms with Gasteiger partial charge in [0, 0.05) is 32.7 Å². The Balaban J connectivity index is 2.06. The first-order chi connectivity index (χ1) is 11.5. The first kappa shape index (κ1) is 18.4.